The third-order valence-corrected chi connectivity index (χ3v) is 2.38. The molecule has 8 heteroatoms. The number of rotatable bonds is 5. The summed E-state index contributed by atoms with van der Waals surface area (Å²) in [5.41, 5.74) is 5.44. The van der Waals surface area contributed by atoms with E-state index in [4.69, 9.17) is 10.8 Å². The van der Waals surface area contributed by atoms with Gasteiger partial charge in [0.15, 0.2) is 0 Å². The summed E-state index contributed by atoms with van der Waals surface area (Å²) in [4.78, 5) is 33.0. The van der Waals surface area contributed by atoms with Gasteiger partial charge in [-0.3, -0.25) is 4.79 Å². The predicted molar refractivity (Wildman–Crippen MR) is 68.5 cm³/mol. The fourth-order valence-electron chi connectivity index (χ4n) is 1.44. The van der Waals surface area contributed by atoms with Crippen molar-refractivity contribution < 1.29 is 23.9 Å². The van der Waals surface area contributed by atoms with E-state index in [1.54, 1.807) is 13.0 Å². The fourth-order valence-corrected chi connectivity index (χ4v) is 1.44. The van der Waals surface area contributed by atoms with Crippen molar-refractivity contribution >= 4 is 23.6 Å². The zero-order chi connectivity index (χ0) is 15.3. The number of benzene rings is 1. The molecular formula is C12H14FN3O4. The lowest BCUT2D eigenvalue weighted by Gasteiger charge is -2.14. The standard InChI is InChI=1S/C12H14FN3O4/c1-6-2-3-8(7(13)4-6)15-12(20)16-9(11(18)19)5-10(14)17/h2-4,9H,5H2,1H3,(H2,14,17)(H,18,19)(H2,15,16,20)/t9-/m0/s1. The first kappa shape index (κ1) is 15.4. The third-order valence-electron chi connectivity index (χ3n) is 2.38. The van der Waals surface area contributed by atoms with Gasteiger partial charge in [0.05, 0.1) is 12.1 Å². The second-order valence-corrected chi connectivity index (χ2v) is 4.14. The number of anilines is 1. The quantitative estimate of drug-likeness (QED) is 0.631. The van der Waals surface area contributed by atoms with E-state index in [-0.39, 0.29) is 5.69 Å². The van der Waals surface area contributed by atoms with E-state index < -0.39 is 36.2 Å². The maximum Gasteiger partial charge on any atom is 0.326 e. The Labute approximate surface area is 114 Å². The molecule has 0 fully saturated rings. The number of hydrogen-bond donors (Lipinski definition) is 4. The summed E-state index contributed by atoms with van der Waals surface area (Å²) in [7, 11) is 0. The number of primary amides is 1. The molecule has 1 atom stereocenters. The van der Waals surface area contributed by atoms with E-state index in [0.29, 0.717) is 5.56 Å². The van der Waals surface area contributed by atoms with Crippen LogP contribution in [0.15, 0.2) is 18.2 Å². The Balaban J connectivity index is 2.70. The van der Waals surface area contributed by atoms with Crippen molar-refractivity contribution in [2.45, 2.75) is 19.4 Å². The van der Waals surface area contributed by atoms with Crippen LogP contribution in [0.25, 0.3) is 0 Å². The van der Waals surface area contributed by atoms with Crippen LogP contribution in [-0.4, -0.2) is 29.1 Å². The van der Waals surface area contributed by atoms with Crippen LogP contribution in [-0.2, 0) is 9.59 Å². The average molecular weight is 283 g/mol. The zero-order valence-electron chi connectivity index (χ0n) is 10.6. The number of aryl methyl sites for hydroxylation is 1. The van der Waals surface area contributed by atoms with E-state index in [1.165, 1.54) is 12.1 Å². The number of halogens is 1. The van der Waals surface area contributed by atoms with Gasteiger partial charge in [0.25, 0.3) is 0 Å². The molecule has 0 bridgehead atoms. The maximum absolute atomic E-state index is 13.5. The van der Waals surface area contributed by atoms with Crippen molar-refractivity contribution in [1.29, 1.82) is 0 Å². The van der Waals surface area contributed by atoms with Crippen LogP contribution in [0.2, 0.25) is 0 Å². The largest absolute Gasteiger partial charge is 0.480 e. The number of carbonyl (C=O) groups excluding carboxylic acids is 2. The average Bonchev–Trinajstić information content (AvgIpc) is 2.31. The van der Waals surface area contributed by atoms with Crippen LogP contribution >= 0.6 is 0 Å². The van der Waals surface area contributed by atoms with E-state index in [2.05, 4.69) is 5.32 Å². The highest BCUT2D eigenvalue weighted by atomic mass is 19.1. The number of carboxylic acids is 1. The molecule has 3 amide bonds. The highest BCUT2D eigenvalue weighted by Crippen LogP contribution is 2.14. The highest BCUT2D eigenvalue weighted by molar-refractivity contribution is 5.93. The predicted octanol–water partition coefficient (Wildman–Crippen LogP) is 0.584. The normalized spacial score (nSPS) is 11.5. The van der Waals surface area contributed by atoms with Gasteiger partial charge in [-0.25, -0.2) is 14.0 Å². The van der Waals surface area contributed by atoms with Gasteiger partial charge in [-0.05, 0) is 24.6 Å². The topological polar surface area (TPSA) is 122 Å². The SMILES string of the molecule is Cc1ccc(NC(=O)N[C@@H](CC(N)=O)C(=O)O)c(F)c1. The number of amides is 3. The van der Waals surface area contributed by atoms with Gasteiger partial charge in [-0.15, -0.1) is 0 Å². The highest BCUT2D eigenvalue weighted by Gasteiger charge is 2.22. The van der Waals surface area contributed by atoms with Crippen LogP contribution in [0.3, 0.4) is 0 Å². The lowest BCUT2D eigenvalue weighted by Crippen LogP contribution is -2.45. The molecule has 20 heavy (non-hydrogen) atoms. The van der Waals surface area contributed by atoms with Crippen molar-refractivity contribution in [3.8, 4) is 0 Å². The molecule has 5 N–H and O–H groups in total. The third kappa shape index (κ3) is 4.56. The molecule has 1 aromatic rings. The van der Waals surface area contributed by atoms with E-state index in [1.807, 2.05) is 5.32 Å². The van der Waals surface area contributed by atoms with Crippen LogP contribution in [0.1, 0.15) is 12.0 Å². The minimum Gasteiger partial charge on any atom is -0.480 e. The van der Waals surface area contributed by atoms with Gasteiger partial charge in [0.2, 0.25) is 5.91 Å². The molecule has 108 valence electrons. The van der Waals surface area contributed by atoms with Crippen LogP contribution in [0, 0.1) is 12.7 Å². The lowest BCUT2D eigenvalue weighted by atomic mass is 10.2. The molecule has 0 spiro atoms. The van der Waals surface area contributed by atoms with Crippen molar-refractivity contribution in [2.75, 3.05) is 5.32 Å². The number of nitrogens with one attached hydrogen (secondary N) is 2. The number of nitrogens with two attached hydrogens (primary N) is 1. The molecule has 0 unspecified atom stereocenters. The first-order chi connectivity index (χ1) is 9.29. The molecule has 0 saturated carbocycles. The molecule has 0 aliphatic rings. The van der Waals surface area contributed by atoms with Gasteiger partial charge in [-0.1, -0.05) is 6.07 Å². The summed E-state index contributed by atoms with van der Waals surface area (Å²) in [6.45, 7) is 1.68. The molecule has 0 aliphatic heterocycles. The van der Waals surface area contributed by atoms with Crippen molar-refractivity contribution in [2.24, 2.45) is 5.73 Å². The van der Waals surface area contributed by atoms with Crippen molar-refractivity contribution in [3.05, 3.63) is 29.6 Å². The molecule has 1 rings (SSSR count). The summed E-state index contributed by atoms with van der Waals surface area (Å²) in [5, 5.41) is 13.0. The van der Waals surface area contributed by atoms with Crippen molar-refractivity contribution in [3.63, 3.8) is 0 Å². The van der Waals surface area contributed by atoms with Gasteiger partial charge < -0.3 is 21.5 Å². The van der Waals surface area contributed by atoms with Gasteiger partial charge >= 0.3 is 12.0 Å². The number of carbonyl (C=O) groups is 3. The van der Waals surface area contributed by atoms with Crippen LogP contribution in [0.5, 0.6) is 0 Å². The summed E-state index contributed by atoms with van der Waals surface area (Å²) in [6.07, 6.45) is -0.556. The van der Waals surface area contributed by atoms with Gasteiger partial charge in [-0.2, -0.15) is 0 Å². The van der Waals surface area contributed by atoms with E-state index >= 15 is 0 Å². The van der Waals surface area contributed by atoms with E-state index in [9.17, 15) is 18.8 Å². The van der Waals surface area contributed by atoms with E-state index in [0.717, 1.165) is 0 Å². The monoisotopic (exact) mass is 283 g/mol. The Morgan fingerprint density at radius 2 is 2.05 bits per heavy atom. The molecule has 1 aromatic carbocycles. The zero-order valence-corrected chi connectivity index (χ0v) is 10.6. The smallest absolute Gasteiger partial charge is 0.326 e. The summed E-state index contributed by atoms with van der Waals surface area (Å²) < 4.78 is 13.5. The number of urea groups is 1. The Morgan fingerprint density at radius 3 is 2.55 bits per heavy atom. The molecule has 7 nitrogen and oxygen atoms in total. The Bertz CT molecular complexity index is 548. The maximum atomic E-state index is 13.5. The Kier molecular flexibility index (Phi) is 5.01. The molecule has 0 radical (unpaired) electrons. The minimum absolute atomic E-state index is 0.101. The number of carboxylic acid groups (broad SMARTS) is 1. The minimum atomic E-state index is -1.47. The molecule has 0 aromatic heterocycles. The van der Waals surface area contributed by atoms with Crippen LogP contribution < -0.4 is 16.4 Å². The first-order valence-electron chi connectivity index (χ1n) is 5.64. The number of hydrogen-bond acceptors (Lipinski definition) is 3. The van der Waals surface area contributed by atoms with Crippen LogP contribution in [0.4, 0.5) is 14.9 Å². The molecule has 0 aliphatic carbocycles. The Hall–Kier alpha value is -2.64. The summed E-state index contributed by atoms with van der Waals surface area (Å²) >= 11 is 0. The van der Waals surface area contributed by atoms with Gasteiger partial charge in [0, 0.05) is 0 Å². The first-order valence-corrected chi connectivity index (χ1v) is 5.64. The van der Waals surface area contributed by atoms with Crippen molar-refractivity contribution in [1.82, 2.24) is 5.32 Å². The molecular weight excluding hydrogens is 269 g/mol. The fraction of sp³-hybridized carbons (Fsp3) is 0.250. The Morgan fingerprint density at radius 1 is 1.40 bits per heavy atom. The summed E-state index contributed by atoms with van der Waals surface area (Å²) in [6, 6.07) is 1.72. The number of aliphatic carboxylic acids is 1. The second kappa shape index (κ2) is 6.50. The summed E-state index contributed by atoms with van der Waals surface area (Å²) in [5.74, 6) is -2.94. The lowest BCUT2D eigenvalue weighted by molar-refractivity contribution is -0.140. The molecule has 0 heterocycles. The van der Waals surface area contributed by atoms with Gasteiger partial charge in [0.1, 0.15) is 11.9 Å². The second-order valence-electron chi connectivity index (χ2n) is 4.14. The molecule has 0 saturated heterocycles.